The summed E-state index contributed by atoms with van der Waals surface area (Å²) in [6.07, 6.45) is 4.77. The SMILES string of the molecule is CC(C)CCC(O)c1ncc[nH]1. The molecule has 0 saturated heterocycles. The zero-order valence-electron chi connectivity index (χ0n) is 7.62. The maximum absolute atomic E-state index is 9.56. The minimum Gasteiger partial charge on any atom is -0.385 e. The van der Waals surface area contributed by atoms with Crippen LogP contribution < -0.4 is 0 Å². The van der Waals surface area contributed by atoms with E-state index >= 15 is 0 Å². The molecule has 68 valence electrons. The number of aliphatic hydroxyl groups is 1. The highest BCUT2D eigenvalue weighted by Gasteiger charge is 2.09. The van der Waals surface area contributed by atoms with Crippen LogP contribution >= 0.6 is 0 Å². The average molecular weight is 168 g/mol. The number of aromatic nitrogens is 2. The van der Waals surface area contributed by atoms with Crippen molar-refractivity contribution >= 4 is 0 Å². The highest BCUT2D eigenvalue weighted by molar-refractivity contribution is 4.91. The third-order valence-corrected chi connectivity index (χ3v) is 1.85. The summed E-state index contributed by atoms with van der Waals surface area (Å²) in [5, 5.41) is 9.56. The van der Waals surface area contributed by atoms with Crippen molar-refractivity contribution < 1.29 is 5.11 Å². The van der Waals surface area contributed by atoms with Gasteiger partial charge in [0.1, 0.15) is 11.9 Å². The standard InChI is InChI=1S/C9H16N2O/c1-7(2)3-4-8(12)9-10-5-6-11-9/h5-8,12H,3-4H2,1-2H3,(H,10,11). The van der Waals surface area contributed by atoms with Crippen LogP contribution in [-0.4, -0.2) is 15.1 Å². The highest BCUT2D eigenvalue weighted by Crippen LogP contribution is 2.16. The number of hydrogen-bond donors (Lipinski definition) is 2. The van der Waals surface area contributed by atoms with Crippen LogP contribution in [0.3, 0.4) is 0 Å². The first kappa shape index (κ1) is 9.26. The predicted octanol–water partition coefficient (Wildman–Crippen LogP) is 1.88. The lowest BCUT2D eigenvalue weighted by atomic mass is 10.0. The van der Waals surface area contributed by atoms with E-state index in [1.165, 1.54) is 0 Å². The Kier molecular flexibility index (Phi) is 3.29. The van der Waals surface area contributed by atoms with Crippen molar-refractivity contribution in [3.63, 3.8) is 0 Å². The normalized spacial score (nSPS) is 13.7. The minimum absolute atomic E-state index is 0.428. The Balaban J connectivity index is 2.34. The molecule has 1 atom stereocenters. The summed E-state index contributed by atoms with van der Waals surface area (Å²) >= 11 is 0. The molecule has 12 heavy (non-hydrogen) atoms. The fraction of sp³-hybridized carbons (Fsp3) is 0.667. The monoisotopic (exact) mass is 168 g/mol. The van der Waals surface area contributed by atoms with E-state index in [0.29, 0.717) is 11.7 Å². The van der Waals surface area contributed by atoms with E-state index in [0.717, 1.165) is 12.8 Å². The quantitative estimate of drug-likeness (QED) is 0.721. The van der Waals surface area contributed by atoms with Gasteiger partial charge in [-0.3, -0.25) is 0 Å². The van der Waals surface area contributed by atoms with Crippen molar-refractivity contribution in [1.29, 1.82) is 0 Å². The number of hydrogen-bond acceptors (Lipinski definition) is 2. The third-order valence-electron chi connectivity index (χ3n) is 1.85. The smallest absolute Gasteiger partial charge is 0.134 e. The van der Waals surface area contributed by atoms with Gasteiger partial charge in [0.25, 0.3) is 0 Å². The Morgan fingerprint density at radius 1 is 1.50 bits per heavy atom. The molecule has 1 aromatic rings. The summed E-state index contributed by atoms with van der Waals surface area (Å²) in [5.41, 5.74) is 0. The molecule has 0 bridgehead atoms. The van der Waals surface area contributed by atoms with Crippen molar-refractivity contribution in [2.75, 3.05) is 0 Å². The second-order valence-corrected chi connectivity index (χ2v) is 3.46. The predicted molar refractivity (Wildman–Crippen MR) is 47.6 cm³/mol. The first-order chi connectivity index (χ1) is 5.70. The van der Waals surface area contributed by atoms with Gasteiger partial charge in [0.15, 0.2) is 0 Å². The molecule has 0 fully saturated rings. The van der Waals surface area contributed by atoms with Crippen molar-refractivity contribution in [2.45, 2.75) is 32.8 Å². The molecule has 1 rings (SSSR count). The number of aromatic amines is 1. The molecule has 1 unspecified atom stereocenters. The summed E-state index contributed by atoms with van der Waals surface area (Å²) in [5.74, 6) is 1.31. The van der Waals surface area contributed by atoms with Crippen LogP contribution in [0.1, 0.15) is 38.6 Å². The second-order valence-electron chi connectivity index (χ2n) is 3.46. The fourth-order valence-electron chi connectivity index (χ4n) is 1.09. The van der Waals surface area contributed by atoms with Gasteiger partial charge >= 0.3 is 0 Å². The number of aliphatic hydroxyl groups excluding tert-OH is 1. The lowest BCUT2D eigenvalue weighted by Crippen LogP contribution is -2.01. The van der Waals surface area contributed by atoms with Gasteiger partial charge in [0.05, 0.1) is 0 Å². The van der Waals surface area contributed by atoms with Crippen LogP contribution in [0, 0.1) is 5.92 Å². The first-order valence-electron chi connectivity index (χ1n) is 4.37. The zero-order valence-corrected chi connectivity index (χ0v) is 7.62. The van der Waals surface area contributed by atoms with E-state index in [1.54, 1.807) is 12.4 Å². The molecule has 0 aromatic carbocycles. The number of rotatable bonds is 4. The molecule has 0 spiro atoms. The minimum atomic E-state index is -0.428. The van der Waals surface area contributed by atoms with Crippen molar-refractivity contribution in [2.24, 2.45) is 5.92 Å². The molecule has 0 radical (unpaired) electrons. The third kappa shape index (κ3) is 2.66. The largest absolute Gasteiger partial charge is 0.385 e. The summed E-state index contributed by atoms with van der Waals surface area (Å²) in [4.78, 5) is 6.89. The van der Waals surface area contributed by atoms with Gasteiger partial charge in [0, 0.05) is 12.4 Å². The Labute approximate surface area is 72.8 Å². The van der Waals surface area contributed by atoms with E-state index in [-0.39, 0.29) is 0 Å². The maximum Gasteiger partial charge on any atom is 0.134 e. The average Bonchev–Trinajstić information content (AvgIpc) is 2.51. The molecule has 0 aliphatic rings. The van der Waals surface area contributed by atoms with Crippen LogP contribution in [0.25, 0.3) is 0 Å². The molecule has 0 aliphatic carbocycles. The summed E-state index contributed by atoms with van der Waals surface area (Å²) in [6.45, 7) is 4.30. The molecule has 0 saturated carbocycles. The van der Waals surface area contributed by atoms with Crippen LogP contribution in [0.4, 0.5) is 0 Å². The Bertz CT molecular complexity index is 206. The molecule has 1 aromatic heterocycles. The van der Waals surface area contributed by atoms with Crippen LogP contribution in [-0.2, 0) is 0 Å². The van der Waals surface area contributed by atoms with E-state index < -0.39 is 6.10 Å². The Hall–Kier alpha value is -0.830. The lowest BCUT2D eigenvalue weighted by molar-refractivity contribution is 0.150. The van der Waals surface area contributed by atoms with E-state index in [2.05, 4.69) is 23.8 Å². The van der Waals surface area contributed by atoms with Crippen LogP contribution in [0.5, 0.6) is 0 Å². The maximum atomic E-state index is 9.56. The van der Waals surface area contributed by atoms with Gasteiger partial charge in [-0.05, 0) is 18.8 Å². The van der Waals surface area contributed by atoms with Crippen LogP contribution in [0.15, 0.2) is 12.4 Å². The van der Waals surface area contributed by atoms with Gasteiger partial charge in [-0.25, -0.2) is 4.98 Å². The van der Waals surface area contributed by atoms with Crippen molar-refractivity contribution in [3.05, 3.63) is 18.2 Å². The summed E-state index contributed by atoms with van der Waals surface area (Å²) < 4.78 is 0. The van der Waals surface area contributed by atoms with E-state index in [9.17, 15) is 5.11 Å². The number of nitrogens with zero attached hydrogens (tertiary/aromatic N) is 1. The van der Waals surface area contributed by atoms with E-state index in [4.69, 9.17) is 0 Å². The van der Waals surface area contributed by atoms with Crippen LogP contribution in [0.2, 0.25) is 0 Å². The molecular formula is C9H16N2O. The van der Waals surface area contributed by atoms with Gasteiger partial charge in [0.2, 0.25) is 0 Å². The topological polar surface area (TPSA) is 48.9 Å². The van der Waals surface area contributed by atoms with Crippen molar-refractivity contribution in [1.82, 2.24) is 9.97 Å². The summed E-state index contributed by atoms with van der Waals surface area (Å²) in [6, 6.07) is 0. The molecule has 0 aliphatic heterocycles. The zero-order chi connectivity index (χ0) is 8.97. The molecule has 2 N–H and O–H groups in total. The van der Waals surface area contributed by atoms with Gasteiger partial charge in [-0.15, -0.1) is 0 Å². The Morgan fingerprint density at radius 2 is 2.25 bits per heavy atom. The number of imidazole rings is 1. The summed E-state index contributed by atoms with van der Waals surface area (Å²) in [7, 11) is 0. The molecule has 0 amide bonds. The fourth-order valence-corrected chi connectivity index (χ4v) is 1.09. The van der Waals surface area contributed by atoms with Gasteiger partial charge in [-0.1, -0.05) is 13.8 Å². The molecule has 1 heterocycles. The lowest BCUT2D eigenvalue weighted by Gasteiger charge is -2.08. The number of H-pyrrole nitrogens is 1. The molecule has 3 heteroatoms. The Morgan fingerprint density at radius 3 is 2.75 bits per heavy atom. The first-order valence-corrected chi connectivity index (χ1v) is 4.37. The highest BCUT2D eigenvalue weighted by atomic mass is 16.3. The van der Waals surface area contributed by atoms with Gasteiger partial charge < -0.3 is 10.1 Å². The molecule has 3 nitrogen and oxygen atoms in total. The van der Waals surface area contributed by atoms with E-state index in [1.807, 2.05) is 0 Å². The van der Waals surface area contributed by atoms with Gasteiger partial charge in [-0.2, -0.15) is 0 Å². The second kappa shape index (κ2) is 4.26. The van der Waals surface area contributed by atoms with Crippen molar-refractivity contribution in [3.8, 4) is 0 Å². The molecular weight excluding hydrogens is 152 g/mol. The number of nitrogens with one attached hydrogen (secondary N) is 1.